The lowest BCUT2D eigenvalue weighted by atomic mass is 10.2. The van der Waals surface area contributed by atoms with Gasteiger partial charge in [-0.3, -0.25) is 0 Å². The Hall–Kier alpha value is -0.370. The van der Waals surface area contributed by atoms with E-state index in [1.54, 1.807) is 0 Å². The maximum atomic E-state index is 3.72. The van der Waals surface area contributed by atoms with Crippen LogP contribution in [0.3, 0.4) is 0 Å². The highest BCUT2D eigenvalue weighted by atomic mass is 32.2. The van der Waals surface area contributed by atoms with Crippen molar-refractivity contribution in [3.63, 3.8) is 0 Å². The molecule has 1 aliphatic heterocycles. The quantitative estimate of drug-likeness (QED) is 0.601. The van der Waals surface area contributed by atoms with Crippen LogP contribution < -0.4 is 0 Å². The third kappa shape index (κ3) is 1.37. The SMILES string of the molecule is C=CN1C=CSC1[C](C)C. The maximum absolute atomic E-state index is 3.72. The molecular weight excluding hydrogens is 142 g/mol. The summed E-state index contributed by atoms with van der Waals surface area (Å²) in [5.74, 6) is 1.41. The van der Waals surface area contributed by atoms with Crippen molar-refractivity contribution in [2.24, 2.45) is 0 Å². The van der Waals surface area contributed by atoms with Gasteiger partial charge in [0.25, 0.3) is 0 Å². The van der Waals surface area contributed by atoms with E-state index < -0.39 is 0 Å². The average molecular weight is 154 g/mol. The van der Waals surface area contributed by atoms with Crippen molar-refractivity contribution >= 4 is 11.8 Å². The molecule has 1 atom stereocenters. The molecular formula is C8H12NS. The van der Waals surface area contributed by atoms with E-state index in [-0.39, 0.29) is 0 Å². The first-order valence-corrected chi connectivity index (χ1v) is 4.22. The van der Waals surface area contributed by atoms with Crippen LogP contribution in [0.2, 0.25) is 0 Å². The molecule has 0 aromatic rings. The topological polar surface area (TPSA) is 3.24 Å². The molecule has 0 aromatic heterocycles. The van der Waals surface area contributed by atoms with Gasteiger partial charge in [-0.2, -0.15) is 0 Å². The van der Waals surface area contributed by atoms with Crippen LogP contribution in [0.15, 0.2) is 24.4 Å². The lowest BCUT2D eigenvalue weighted by Gasteiger charge is -2.23. The molecule has 0 aliphatic carbocycles. The largest absolute Gasteiger partial charge is 0.341 e. The highest BCUT2D eigenvalue weighted by Crippen LogP contribution is 2.31. The third-order valence-corrected chi connectivity index (χ3v) is 2.67. The Labute approximate surface area is 66.8 Å². The summed E-state index contributed by atoms with van der Waals surface area (Å²) in [6.45, 7) is 8.00. The summed E-state index contributed by atoms with van der Waals surface area (Å²) in [6, 6.07) is 0. The normalized spacial score (nSPS) is 24.3. The van der Waals surface area contributed by atoms with E-state index in [4.69, 9.17) is 0 Å². The third-order valence-electron chi connectivity index (χ3n) is 1.42. The summed E-state index contributed by atoms with van der Waals surface area (Å²) in [4.78, 5) is 2.11. The fourth-order valence-corrected chi connectivity index (χ4v) is 1.85. The molecule has 1 rings (SSSR count). The zero-order valence-corrected chi connectivity index (χ0v) is 7.19. The number of hydrogen-bond donors (Lipinski definition) is 0. The minimum Gasteiger partial charge on any atom is -0.341 e. The van der Waals surface area contributed by atoms with E-state index in [2.05, 4.69) is 36.9 Å². The summed E-state index contributed by atoms with van der Waals surface area (Å²) in [5.41, 5.74) is 0. The minimum atomic E-state index is 0.484. The molecule has 1 unspecified atom stereocenters. The van der Waals surface area contributed by atoms with Gasteiger partial charge < -0.3 is 4.90 Å². The van der Waals surface area contributed by atoms with Crippen molar-refractivity contribution in [2.45, 2.75) is 19.2 Å². The summed E-state index contributed by atoms with van der Waals surface area (Å²) in [6.07, 6.45) is 3.91. The molecule has 0 saturated heterocycles. The molecule has 0 fully saturated rings. The summed E-state index contributed by atoms with van der Waals surface area (Å²) in [7, 11) is 0. The molecule has 0 bridgehead atoms. The van der Waals surface area contributed by atoms with Gasteiger partial charge >= 0.3 is 0 Å². The van der Waals surface area contributed by atoms with Crippen molar-refractivity contribution < 1.29 is 0 Å². The molecule has 0 N–H and O–H groups in total. The van der Waals surface area contributed by atoms with E-state index in [9.17, 15) is 0 Å². The molecule has 1 aliphatic rings. The molecule has 0 amide bonds. The summed E-state index contributed by atoms with van der Waals surface area (Å²) in [5, 5.41) is 2.58. The van der Waals surface area contributed by atoms with Crippen LogP contribution in [0.4, 0.5) is 0 Å². The molecule has 0 aromatic carbocycles. The molecule has 10 heavy (non-hydrogen) atoms. The van der Waals surface area contributed by atoms with E-state index in [0.29, 0.717) is 5.37 Å². The average Bonchev–Trinajstić information content (AvgIpc) is 2.33. The van der Waals surface area contributed by atoms with E-state index >= 15 is 0 Å². The fraction of sp³-hybridized carbons (Fsp3) is 0.375. The second-order valence-electron chi connectivity index (χ2n) is 2.48. The van der Waals surface area contributed by atoms with Crippen molar-refractivity contribution in [1.29, 1.82) is 0 Å². The Kier molecular flexibility index (Phi) is 2.44. The van der Waals surface area contributed by atoms with Crippen LogP contribution >= 0.6 is 11.8 Å². The minimum absolute atomic E-state index is 0.484. The zero-order valence-electron chi connectivity index (χ0n) is 6.37. The fourth-order valence-electron chi connectivity index (χ4n) is 0.919. The molecule has 1 radical (unpaired) electrons. The van der Waals surface area contributed by atoms with Crippen molar-refractivity contribution in [2.75, 3.05) is 0 Å². The van der Waals surface area contributed by atoms with Gasteiger partial charge in [0.15, 0.2) is 0 Å². The highest BCUT2D eigenvalue weighted by Gasteiger charge is 2.20. The Balaban J connectivity index is 2.55. The zero-order chi connectivity index (χ0) is 7.56. The molecule has 2 heteroatoms. The molecule has 55 valence electrons. The second kappa shape index (κ2) is 3.15. The standard InChI is InChI=1S/C8H12NS/c1-4-9-5-6-10-8(9)7(2)3/h4-6,8H,1H2,2-3H3. The van der Waals surface area contributed by atoms with Gasteiger partial charge in [-0.05, 0) is 11.6 Å². The monoisotopic (exact) mass is 154 g/mol. The van der Waals surface area contributed by atoms with Gasteiger partial charge in [-0.15, -0.1) is 11.8 Å². The summed E-state index contributed by atoms with van der Waals surface area (Å²) >= 11 is 1.82. The Morgan fingerprint density at radius 2 is 2.40 bits per heavy atom. The van der Waals surface area contributed by atoms with E-state index in [0.717, 1.165) is 0 Å². The first-order valence-electron chi connectivity index (χ1n) is 3.28. The van der Waals surface area contributed by atoms with E-state index in [1.165, 1.54) is 5.92 Å². The molecule has 0 saturated carbocycles. The van der Waals surface area contributed by atoms with Gasteiger partial charge in [0.1, 0.15) is 0 Å². The van der Waals surface area contributed by atoms with Crippen molar-refractivity contribution in [1.82, 2.24) is 4.90 Å². The Bertz CT molecular complexity index is 151. The smallest absolute Gasteiger partial charge is 0.0885 e. The maximum Gasteiger partial charge on any atom is 0.0885 e. The predicted molar refractivity (Wildman–Crippen MR) is 47.1 cm³/mol. The first-order chi connectivity index (χ1) is 4.75. The van der Waals surface area contributed by atoms with Crippen LogP contribution in [-0.4, -0.2) is 10.3 Å². The molecule has 0 spiro atoms. The van der Waals surface area contributed by atoms with E-state index in [1.807, 2.05) is 18.0 Å². The van der Waals surface area contributed by atoms with Crippen LogP contribution in [-0.2, 0) is 0 Å². The van der Waals surface area contributed by atoms with Gasteiger partial charge in [0.2, 0.25) is 0 Å². The van der Waals surface area contributed by atoms with Gasteiger partial charge in [-0.1, -0.05) is 20.4 Å². The number of nitrogens with zero attached hydrogens (tertiary/aromatic N) is 1. The number of thioether (sulfide) groups is 1. The predicted octanol–water partition coefficient (Wildman–Crippen LogP) is 2.59. The molecule has 1 heterocycles. The van der Waals surface area contributed by atoms with Crippen molar-refractivity contribution in [3.8, 4) is 0 Å². The van der Waals surface area contributed by atoms with Crippen LogP contribution in [0, 0.1) is 5.92 Å². The lowest BCUT2D eigenvalue weighted by molar-refractivity contribution is 0.495. The lowest BCUT2D eigenvalue weighted by Crippen LogP contribution is -2.22. The Morgan fingerprint density at radius 3 is 2.80 bits per heavy atom. The van der Waals surface area contributed by atoms with Crippen LogP contribution in [0.5, 0.6) is 0 Å². The molecule has 1 nitrogen and oxygen atoms in total. The van der Waals surface area contributed by atoms with Crippen LogP contribution in [0.25, 0.3) is 0 Å². The Morgan fingerprint density at radius 1 is 1.70 bits per heavy atom. The van der Waals surface area contributed by atoms with Gasteiger partial charge in [0, 0.05) is 12.1 Å². The number of hydrogen-bond acceptors (Lipinski definition) is 2. The first kappa shape index (κ1) is 7.73. The van der Waals surface area contributed by atoms with Crippen molar-refractivity contribution in [3.05, 3.63) is 30.3 Å². The second-order valence-corrected chi connectivity index (χ2v) is 3.47. The van der Waals surface area contributed by atoms with Gasteiger partial charge in [0.05, 0.1) is 5.37 Å². The number of rotatable bonds is 2. The summed E-state index contributed by atoms with van der Waals surface area (Å²) < 4.78 is 0. The highest BCUT2D eigenvalue weighted by molar-refractivity contribution is 8.03. The van der Waals surface area contributed by atoms with Crippen LogP contribution in [0.1, 0.15) is 13.8 Å². The van der Waals surface area contributed by atoms with Gasteiger partial charge in [-0.25, -0.2) is 0 Å².